The molecule has 0 aliphatic heterocycles. The number of aromatic nitrogens is 2. The van der Waals surface area contributed by atoms with Crippen molar-refractivity contribution in [3.8, 4) is 17.5 Å². The van der Waals surface area contributed by atoms with Crippen LogP contribution in [0.5, 0.6) is 17.5 Å². The Kier molecular flexibility index (Phi) is 4.09. The van der Waals surface area contributed by atoms with Gasteiger partial charge in [0.1, 0.15) is 0 Å². The summed E-state index contributed by atoms with van der Waals surface area (Å²) >= 11 is 0. The first-order chi connectivity index (χ1) is 8.83. The zero-order chi connectivity index (χ0) is 12.8. The lowest BCUT2D eigenvalue weighted by molar-refractivity contribution is 0.280. The molecular formula is C13H14N2O3. The fourth-order valence-corrected chi connectivity index (χ4v) is 1.38. The van der Waals surface area contributed by atoms with Gasteiger partial charge in [-0.2, -0.15) is 0 Å². The summed E-state index contributed by atoms with van der Waals surface area (Å²) in [4.78, 5) is 7.99. The van der Waals surface area contributed by atoms with Crippen molar-refractivity contribution in [1.29, 1.82) is 0 Å². The van der Waals surface area contributed by atoms with Gasteiger partial charge in [0, 0.05) is 18.0 Å². The van der Waals surface area contributed by atoms with E-state index < -0.39 is 0 Å². The Bertz CT molecular complexity index is 500. The maximum atomic E-state index is 8.89. The lowest BCUT2D eigenvalue weighted by Gasteiger charge is -2.09. The van der Waals surface area contributed by atoms with Crippen LogP contribution < -0.4 is 9.47 Å². The van der Waals surface area contributed by atoms with Gasteiger partial charge in [0.25, 0.3) is 0 Å². The predicted octanol–water partition coefficient (Wildman–Crippen LogP) is 2.16. The standard InChI is InChI=1S/C13H14N2O3/c1-2-17-11-5-3-4-6-12(11)18-13-14-7-10(9-16)8-15-13/h3-8,16H,2,9H2,1H3. The Labute approximate surface area is 105 Å². The van der Waals surface area contributed by atoms with Crippen LogP contribution in [0.2, 0.25) is 0 Å². The predicted molar refractivity (Wildman–Crippen MR) is 65.6 cm³/mol. The fraction of sp³-hybridized carbons (Fsp3) is 0.231. The highest BCUT2D eigenvalue weighted by Gasteiger charge is 2.06. The number of ether oxygens (including phenoxy) is 2. The summed E-state index contributed by atoms with van der Waals surface area (Å²) in [6.45, 7) is 2.38. The minimum Gasteiger partial charge on any atom is -0.490 e. The molecule has 0 aliphatic rings. The molecule has 5 nitrogen and oxygen atoms in total. The molecule has 0 spiro atoms. The van der Waals surface area contributed by atoms with E-state index in [-0.39, 0.29) is 12.6 Å². The molecular weight excluding hydrogens is 232 g/mol. The van der Waals surface area contributed by atoms with Crippen LogP contribution in [0.4, 0.5) is 0 Å². The molecule has 18 heavy (non-hydrogen) atoms. The summed E-state index contributed by atoms with van der Waals surface area (Å²) in [6.07, 6.45) is 3.04. The van der Waals surface area contributed by atoms with E-state index in [4.69, 9.17) is 14.6 Å². The molecule has 5 heteroatoms. The Morgan fingerprint density at radius 1 is 1.11 bits per heavy atom. The maximum Gasteiger partial charge on any atom is 0.322 e. The SMILES string of the molecule is CCOc1ccccc1Oc1ncc(CO)cn1. The van der Waals surface area contributed by atoms with Crippen molar-refractivity contribution >= 4 is 0 Å². The quantitative estimate of drug-likeness (QED) is 0.875. The van der Waals surface area contributed by atoms with E-state index in [9.17, 15) is 0 Å². The van der Waals surface area contributed by atoms with Gasteiger partial charge < -0.3 is 14.6 Å². The molecule has 1 heterocycles. The molecule has 1 aromatic heterocycles. The molecule has 0 saturated carbocycles. The summed E-state index contributed by atoms with van der Waals surface area (Å²) in [5.41, 5.74) is 0.639. The second-order valence-electron chi connectivity index (χ2n) is 3.51. The van der Waals surface area contributed by atoms with E-state index in [1.165, 1.54) is 12.4 Å². The Morgan fingerprint density at radius 3 is 2.39 bits per heavy atom. The van der Waals surface area contributed by atoms with Crippen molar-refractivity contribution in [3.63, 3.8) is 0 Å². The molecule has 0 aliphatic carbocycles. The van der Waals surface area contributed by atoms with E-state index >= 15 is 0 Å². The molecule has 0 amide bonds. The maximum absolute atomic E-state index is 8.89. The number of benzene rings is 1. The number of rotatable bonds is 5. The Balaban J connectivity index is 2.17. The lowest BCUT2D eigenvalue weighted by atomic mass is 10.3. The van der Waals surface area contributed by atoms with Gasteiger partial charge in [-0.1, -0.05) is 12.1 Å². The van der Waals surface area contributed by atoms with E-state index in [0.29, 0.717) is 23.7 Å². The monoisotopic (exact) mass is 246 g/mol. The van der Waals surface area contributed by atoms with Crippen LogP contribution in [0.3, 0.4) is 0 Å². The summed E-state index contributed by atoms with van der Waals surface area (Å²) in [6, 6.07) is 7.54. The highest BCUT2D eigenvalue weighted by molar-refractivity contribution is 5.40. The van der Waals surface area contributed by atoms with Crippen molar-refractivity contribution in [2.45, 2.75) is 13.5 Å². The number of hydrogen-bond donors (Lipinski definition) is 1. The highest BCUT2D eigenvalue weighted by atomic mass is 16.5. The van der Waals surface area contributed by atoms with Crippen molar-refractivity contribution < 1.29 is 14.6 Å². The number of hydrogen-bond acceptors (Lipinski definition) is 5. The molecule has 0 radical (unpaired) electrons. The zero-order valence-electron chi connectivity index (χ0n) is 10.0. The van der Waals surface area contributed by atoms with Crippen LogP contribution in [0.1, 0.15) is 12.5 Å². The molecule has 1 N–H and O–H groups in total. The third-order valence-corrected chi connectivity index (χ3v) is 2.21. The first-order valence-corrected chi connectivity index (χ1v) is 5.65. The van der Waals surface area contributed by atoms with Crippen LogP contribution in [0.25, 0.3) is 0 Å². The third-order valence-electron chi connectivity index (χ3n) is 2.21. The van der Waals surface area contributed by atoms with E-state index in [2.05, 4.69) is 9.97 Å². The zero-order valence-corrected chi connectivity index (χ0v) is 10.0. The van der Waals surface area contributed by atoms with Crippen LogP contribution in [0, 0.1) is 0 Å². The summed E-state index contributed by atoms with van der Waals surface area (Å²) in [5.74, 6) is 1.21. The topological polar surface area (TPSA) is 64.5 Å². The van der Waals surface area contributed by atoms with Gasteiger partial charge in [-0.25, -0.2) is 9.97 Å². The molecule has 2 rings (SSSR count). The molecule has 94 valence electrons. The van der Waals surface area contributed by atoms with Gasteiger partial charge in [-0.3, -0.25) is 0 Å². The fourth-order valence-electron chi connectivity index (χ4n) is 1.38. The normalized spacial score (nSPS) is 10.1. The number of aliphatic hydroxyl groups is 1. The number of para-hydroxylation sites is 2. The summed E-state index contributed by atoms with van der Waals surface area (Å²) in [5, 5.41) is 8.89. The molecule has 0 atom stereocenters. The number of nitrogens with zero attached hydrogens (tertiary/aromatic N) is 2. The minimum absolute atomic E-state index is 0.0875. The smallest absolute Gasteiger partial charge is 0.322 e. The van der Waals surface area contributed by atoms with Crippen molar-refractivity contribution in [2.24, 2.45) is 0 Å². The highest BCUT2D eigenvalue weighted by Crippen LogP contribution is 2.29. The molecule has 1 aromatic carbocycles. The molecule has 0 unspecified atom stereocenters. The van der Waals surface area contributed by atoms with Gasteiger partial charge in [-0.05, 0) is 19.1 Å². The largest absolute Gasteiger partial charge is 0.490 e. The third kappa shape index (κ3) is 2.95. The summed E-state index contributed by atoms with van der Waals surface area (Å²) in [7, 11) is 0. The van der Waals surface area contributed by atoms with Crippen molar-refractivity contribution in [1.82, 2.24) is 9.97 Å². The molecule has 0 saturated heterocycles. The van der Waals surface area contributed by atoms with Gasteiger partial charge >= 0.3 is 6.01 Å². The van der Waals surface area contributed by atoms with Gasteiger partial charge in [0.2, 0.25) is 0 Å². The first-order valence-electron chi connectivity index (χ1n) is 5.65. The van der Waals surface area contributed by atoms with Crippen molar-refractivity contribution in [2.75, 3.05) is 6.61 Å². The van der Waals surface area contributed by atoms with Gasteiger partial charge in [0.15, 0.2) is 11.5 Å². The Hall–Kier alpha value is -2.14. The van der Waals surface area contributed by atoms with E-state index in [1.54, 1.807) is 6.07 Å². The van der Waals surface area contributed by atoms with Crippen molar-refractivity contribution in [3.05, 3.63) is 42.2 Å². The van der Waals surface area contributed by atoms with E-state index in [1.807, 2.05) is 25.1 Å². The Morgan fingerprint density at radius 2 is 1.78 bits per heavy atom. The van der Waals surface area contributed by atoms with E-state index in [0.717, 1.165) is 0 Å². The second-order valence-corrected chi connectivity index (χ2v) is 3.51. The van der Waals surface area contributed by atoms with Gasteiger partial charge in [0.05, 0.1) is 13.2 Å². The average Bonchev–Trinajstić information content (AvgIpc) is 2.42. The molecule has 0 fully saturated rings. The summed E-state index contributed by atoms with van der Waals surface area (Å²) < 4.78 is 11.0. The minimum atomic E-state index is -0.0875. The molecule has 0 bridgehead atoms. The van der Waals surface area contributed by atoms with Crippen LogP contribution in [0.15, 0.2) is 36.7 Å². The van der Waals surface area contributed by atoms with Crippen LogP contribution in [-0.2, 0) is 6.61 Å². The number of aliphatic hydroxyl groups excluding tert-OH is 1. The molecule has 2 aromatic rings. The lowest BCUT2D eigenvalue weighted by Crippen LogP contribution is -1.97. The van der Waals surface area contributed by atoms with Gasteiger partial charge in [-0.15, -0.1) is 0 Å². The average molecular weight is 246 g/mol. The van der Waals surface area contributed by atoms with Crippen LogP contribution >= 0.6 is 0 Å². The first kappa shape index (κ1) is 12.3. The van der Waals surface area contributed by atoms with Crippen LogP contribution in [-0.4, -0.2) is 21.7 Å². The second kappa shape index (κ2) is 5.97.